The van der Waals surface area contributed by atoms with Gasteiger partial charge in [-0.2, -0.15) is 5.26 Å². The van der Waals surface area contributed by atoms with Crippen molar-refractivity contribution in [1.82, 2.24) is 10.2 Å². The van der Waals surface area contributed by atoms with E-state index in [-0.39, 0.29) is 5.54 Å². The van der Waals surface area contributed by atoms with Gasteiger partial charge in [0.15, 0.2) is 0 Å². The number of fused-ring (bicyclic) bond motifs is 1. The number of ether oxygens (including phenoxy) is 1. The molecule has 1 aliphatic heterocycles. The van der Waals surface area contributed by atoms with Crippen LogP contribution in [0.4, 0.5) is 0 Å². The maximum absolute atomic E-state index is 9.34. The highest BCUT2D eigenvalue weighted by Crippen LogP contribution is 2.29. The molecule has 0 radical (unpaired) electrons. The molecule has 1 heterocycles. The van der Waals surface area contributed by atoms with Crippen molar-refractivity contribution in [3.8, 4) is 6.07 Å². The van der Waals surface area contributed by atoms with E-state index in [2.05, 4.69) is 23.2 Å². The molecule has 4 heteroatoms. The molecular weight excluding hydrogens is 262 g/mol. The molecule has 0 spiro atoms. The van der Waals surface area contributed by atoms with Crippen LogP contribution >= 0.6 is 0 Å². The number of morpholine rings is 1. The Morgan fingerprint density at radius 1 is 1.38 bits per heavy atom. The summed E-state index contributed by atoms with van der Waals surface area (Å²) < 4.78 is 5.86. The molecule has 1 saturated carbocycles. The van der Waals surface area contributed by atoms with Crippen molar-refractivity contribution in [2.45, 2.75) is 76.5 Å². The minimum absolute atomic E-state index is 0.350. The Labute approximate surface area is 129 Å². The van der Waals surface area contributed by atoms with Crippen LogP contribution in [-0.4, -0.2) is 48.8 Å². The average Bonchev–Trinajstić information content (AvgIpc) is 2.99. The van der Waals surface area contributed by atoms with E-state index in [1.165, 1.54) is 32.2 Å². The van der Waals surface area contributed by atoms with Gasteiger partial charge in [-0.25, -0.2) is 0 Å². The number of unbranched alkanes of at least 4 members (excludes halogenated alkanes) is 1. The molecule has 4 nitrogen and oxygen atoms in total. The molecule has 120 valence electrons. The third kappa shape index (κ3) is 4.67. The van der Waals surface area contributed by atoms with Gasteiger partial charge < -0.3 is 4.74 Å². The fraction of sp³-hybridized carbons (Fsp3) is 0.941. The van der Waals surface area contributed by atoms with E-state index < -0.39 is 0 Å². The van der Waals surface area contributed by atoms with E-state index in [4.69, 9.17) is 4.74 Å². The Balaban J connectivity index is 1.68. The van der Waals surface area contributed by atoms with Crippen molar-refractivity contribution in [1.29, 1.82) is 5.26 Å². The molecule has 0 aromatic heterocycles. The zero-order valence-corrected chi connectivity index (χ0v) is 13.7. The van der Waals surface area contributed by atoms with Gasteiger partial charge in [0.05, 0.1) is 18.8 Å². The van der Waals surface area contributed by atoms with Crippen molar-refractivity contribution in [2.75, 3.05) is 26.2 Å². The van der Waals surface area contributed by atoms with Crippen molar-refractivity contribution < 1.29 is 4.74 Å². The van der Waals surface area contributed by atoms with Crippen molar-refractivity contribution >= 4 is 0 Å². The first-order valence-electron chi connectivity index (χ1n) is 8.70. The summed E-state index contributed by atoms with van der Waals surface area (Å²) in [6, 6.07) is 3.11. The van der Waals surface area contributed by atoms with Crippen LogP contribution in [-0.2, 0) is 4.74 Å². The third-order valence-electron chi connectivity index (χ3n) is 4.98. The molecule has 21 heavy (non-hydrogen) atoms. The van der Waals surface area contributed by atoms with Gasteiger partial charge in [0, 0.05) is 12.6 Å². The highest BCUT2D eigenvalue weighted by atomic mass is 16.5. The predicted molar refractivity (Wildman–Crippen MR) is 85.1 cm³/mol. The Morgan fingerprint density at radius 3 is 3.00 bits per heavy atom. The van der Waals surface area contributed by atoms with Crippen LogP contribution in [0.3, 0.4) is 0 Å². The van der Waals surface area contributed by atoms with E-state index in [1.807, 2.05) is 6.92 Å². The molecule has 2 aliphatic rings. The van der Waals surface area contributed by atoms with Crippen molar-refractivity contribution in [3.63, 3.8) is 0 Å². The van der Waals surface area contributed by atoms with Crippen LogP contribution in [0, 0.1) is 11.3 Å². The van der Waals surface area contributed by atoms with E-state index in [0.717, 1.165) is 39.0 Å². The zero-order chi connectivity index (χ0) is 15.1. The Bertz CT molecular complexity index is 354. The summed E-state index contributed by atoms with van der Waals surface area (Å²) in [4.78, 5) is 2.63. The normalized spacial score (nSPS) is 28.8. The molecule has 2 rings (SSSR count). The second-order valence-electron chi connectivity index (χ2n) is 6.77. The van der Waals surface area contributed by atoms with E-state index in [1.54, 1.807) is 0 Å². The molecule has 0 aromatic rings. The second kappa shape index (κ2) is 8.12. The topological polar surface area (TPSA) is 48.3 Å². The first-order chi connectivity index (χ1) is 10.2. The van der Waals surface area contributed by atoms with E-state index in [0.29, 0.717) is 12.1 Å². The van der Waals surface area contributed by atoms with E-state index >= 15 is 0 Å². The van der Waals surface area contributed by atoms with Gasteiger partial charge in [-0.05, 0) is 65.0 Å². The van der Waals surface area contributed by atoms with Gasteiger partial charge in [0.2, 0.25) is 0 Å². The molecule has 1 N–H and O–H groups in total. The number of hydrogen-bond donors (Lipinski definition) is 1. The second-order valence-corrected chi connectivity index (χ2v) is 6.77. The van der Waals surface area contributed by atoms with Crippen molar-refractivity contribution in [2.24, 2.45) is 0 Å². The summed E-state index contributed by atoms with van der Waals surface area (Å²) in [6.45, 7) is 8.25. The third-order valence-corrected chi connectivity index (χ3v) is 4.98. The summed E-state index contributed by atoms with van der Waals surface area (Å²) in [5, 5.41) is 12.7. The van der Waals surface area contributed by atoms with Crippen LogP contribution < -0.4 is 5.32 Å². The van der Waals surface area contributed by atoms with Gasteiger partial charge in [-0.3, -0.25) is 10.2 Å². The van der Waals surface area contributed by atoms with Gasteiger partial charge in [0.25, 0.3) is 0 Å². The number of nitrogens with zero attached hydrogens (tertiary/aromatic N) is 2. The summed E-state index contributed by atoms with van der Waals surface area (Å²) in [5.74, 6) is 0. The minimum atomic E-state index is -0.350. The number of rotatable bonds is 8. The Morgan fingerprint density at radius 2 is 2.24 bits per heavy atom. The smallest absolute Gasteiger partial charge is 0.103 e. The van der Waals surface area contributed by atoms with Crippen LogP contribution in [0.1, 0.15) is 58.8 Å². The average molecular weight is 293 g/mol. The SMILES string of the molecule is CCCNC(C)(C#N)CCCCN1CCOC2CCCC21. The molecule has 1 aliphatic carbocycles. The molecular formula is C17H31N3O. The monoisotopic (exact) mass is 293 g/mol. The summed E-state index contributed by atoms with van der Waals surface area (Å²) in [5.41, 5.74) is -0.350. The minimum Gasteiger partial charge on any atom is -0.375 e. The highest BCUT2D eigenvalue weighted by Gasteiger charge is 2.35. The lowest BCUT2D eigenvalue weighted by Crippen LogP contribution is -2.48. The maximum atomic E-state index is 9.34. The lowest BCUT2D eigenvalue weighted by Gasteiger charge is -2.37. The first kappa shape index (κ1) is 16.7. The zero-order valence-electron chi connectivity index (χ0n) is 13.7. The molecule has 0 amide bonds. The lowest BCUT2D eigenvalue weighted by atomic mass is 9.96. The van der Waals surface area contributed by atoms with E-state index in [9.17, 15) is 5.26 Å². The molecule has 3 unspecified atom stereocenters. The Kier molecular flexibility index (Phi) is 6.47. The van der Waals surface area contributed by atoms with Crippen molar-refractivity contribution in [3.05, 3.63) is 0 Å². The lowest BCUT2D eigenvalue weighted by molar-refractivity contribution is -0.0559. The first-order valence-corrected chi connectivity index (χ1v) is 8.70. The fourth-order valence-corrected chi connectivity index (χ4v) is 3.66. The molecule has 0 bridgehead atoms. The van der Waals surface area contributed by atoms with Crippen LogP contribution in [0.25, 0.3) is 0 Å². The fourth-order valence-electron chi connectivity index (χ4n) is 3.66. The largest absolute Gasteiger partial charge is 0.375 e. The van der Waals surface area contributed by atoms with Crippen LogP contribution in [0.5, 0.6) is 0 Å². The maximum Gasteiger partial charge on any atom is 0.103 e. The van der Waals surface area contributed by atoms with Crippen LogP contribution in [0.2, 0.25) is 0 Å². The standard InChI is InChI=1S/C17H31N3O/c1-3-10-19-17(2,14-18)9-4-5-11-20-12-13-21-16-8-6-7-15(16)20/h15-16,19H,3-13H2,1-2H3. The van der Waals surface area contributed by atoms with Gasteiger partial charge in [0.1, 0.15) is 5.54 Å². The van der Waals surface area contributed by atoms with Gasteiger partial charge in [-0.15, -0.1) is 0 Å². The molecule has 2 fully saturated rings. The van der Waals surface area contributed by atoms with Crippen LogP contribution in [0.15, 0.2) is 0 Å². The quantitative estimate of drug-likeness (QED) is 0.699. The number of nitriles is 1. The molecule has 1 saturated heterocycles. The summed E-state index contributed by atoms with van der Waals surface area (Å²) >= 11 is 0. The Hall–Kier alpha value is -0.630. The summed E-state index contributed by atoms with van der Waals surface area (Å²) in [7, 11) is 0. The predicted octanol–water partition coefficient (Wildman–Crippen LogP) is 2.69. The number of hydrogen-bond acceptors (Lipinski definition) is 4. The molecule has 3 atom stereocenters. The molecule has 0 aromatic carbocycles. The van der Waals surface area contributed by atoms with Gasteiger partial charge in [-0.1, -0.05) is 6.92 Å². The summed E-state index contributed by atoms with van der Waals surface area (Å²) in [6.07, 6.45) is 8.70. The highest BCUT2D eigenvalue weighted by molar-refractivity contribution is 5.03. The number of nitrogens with one attached hydrogen (secondary N) is 1. The van der Waals surface area contributed by atoms with Gasteiger partial charge >= 0.3 is 0 Å².